The van der Waals surface area contributed by atoms with Gasteiger partial charge in [0.1, 0.15) is 11.6 Å². The molecule has 2 aliphatic rings. The molecule has 35 heavy (non-hydrogen) atoms. The van der Waals surface area contributed by atoms with Crippen LogP contribution >= 0.6 is 0 Å². The molecule has 2 aromatic rings. The van der Waals surface area contributed by atoms with Crippen LogP contribution in [0.15, 0.2) is 60.3 Å². The number of aromatic nitrogens is 3. The number of hydrogen-bond donors (Lipinski definition) is 3. The average Bonchev–Trinajstić information content (AvgIpc) is 3.56. The van der Waals surface area contributed by atoms with E-state index in [1.165, 1.54) is 0 Å². The maximum absolute atomic E-state index is 13.6. The lowest BCUT2D eigenvalue weighted by Crippen LogP contribution is -2.41. The summed E-state index contributed by atoms with van der Waals surface area (Å²) in [5.74, 6) is 1.34. The highest BCUT2D eigenvalue weighted by Crippen LogP contribution is 2.41. The van der Waals surface area contributed by atoms with Crippen molar-refractivity contribution in [1.82, 2.24) is 25.8 Å². The predicted octanol–water partition coefficient (Wildman–Crippen LogP) is 4.18. The van der Waals surface area contributed by atoms with Crippen LogP contribution in [0.2, 0.25) is 0 Å². The van der Waals surface area contributed by atoms with E-state index in [0.717, 1.165) is 44.1 Å². The highest BCUT2D eigenvalue weighted by molar-refractivity contribution is 6.17. The van der Waals surface area contributed by atoms with Gasteiger partial charge in [0.15, 0.2) is 0 Å². The number of rotatable bonds is 11. The Kier molecular flexibility index (Phi) is 7.87. The first kappa shape index (κ1) is 24.5. The van der Waals surface area contributed by atoms with Gasteiger partial charge in [-0.25, -0.2) is 20.4 Å². The van der Waals surface area contributed by atoms with E-state index < -0.39 is 5.41 Å². The van der Waals surface area contributed by atoms with Gasteiger partial charge in [0.05, 0.1) is 35.8 Å². The highest BCUT2D eigenvalue weighted by atomic mass is 16.5. The Morgan fingerprint density at radius 2 is 2.06 bits per heavy atom. The second kappa shape index (κ2) is 11.2. The number of carbonyl (C=O) groups excluding carboxylic acids is 1. The normalized spacial score (nSPS) is 17.4. The Hall–Kier alpha value is -3.59. The fourth-order valence-corrected chi connectivity index (χ4v) is 4.19. The Labute approximate surface area is 206 Å². The minimum absolute atomic E-state index is 0.104. The molecular weight excluding hydrogens is 442 g/mol. The maximum Gasteiger partial charge on any atom is 0.237 e. The van der Waals surface area contributed by atoms with Crippen LogP contribution in [0.4, 0.5) is 5.82 Å². The third-order valence-electron chi connectivity index (χ3n) is 6.17. The van der Waals surface area contributed by atoms with Gasteiger partial charge in [0.25, 0.3) is 0 Å². The van der Waals surface area contributed by atoms with Gasteiger partial charge in [-0.2, -0.15) is 0 Å². The lowest BCUT2D eigenvalue weighted by Gasteiger charge is -2.28. The van der Waals surface area contributed by atoms with Gasteiger partial charge in [-0.1, -0.05) is 25.5 Å². The van der Waals surface area contributed by atoms with Crippen LogP contribution in [0.3, 0.4) is 0 Å². The van der Waals surface area contributed by atoms with Crippen molar-refractivity contribution in [2.24, 2.45) is 10.4 Å². The SMILES string of the molecule is C=C(/N=C(\C=C/C)C1(C(=O)Nc2ccc(-c3cncc(OCC)n3)cn2)CCCC1)NNC1CC1. The zero-order valence-corrected chi connectivity index (χ0v) is 20.4. The number of allylic oxidation sites excluding steroid dienone is 2. The van der Waals surface area contributed by atoms with E-state index in [1.54, 1.807) is 24.7 Å². The summed E-state index contributed by atoms with van der Waals surface area (Å²) in [5.41, 5.74) is 7.69. The number of anilines is 1. The summed E-state index contributed by atoms with van der Waals surface area (Å²) in [5, 5.41) is 3.02. The second-order valence-electron chi connectivity index (χ2n) is 8.84. The zero-order valence-electron chi connectivity index (χ0n) is 20.4. The first-order valence-corrected chi connectivity index (χ1v) is 12.2. The molecule has 2 aliphatic carbocycles. The van der Waals surface area contributed by atoms with Gasteiger partial charge in [0, 0.05) is 17.8 Å². The lowest BCUT2D eigenvalue weighted by atomic mass is 9.79. The molecule has 2 fully saturated rings. The molecule has 0 aliphatic heterocycles. The predicted molar refractivity (Wildman–Crippen MR) is 137 cm³/mol. The Morgan fingerprint density at radius 3 is 2.71 bits per heavy atom. The van der Waals surface area contributed by atoms with Crippen molar-refractivity contribution in [2.75, 3.05) is 11.9 Å². The number of hydrazine groups is 1. The van der Waals surface area contributed by atoms with E-state index in [4.69, 9.17) is 9.73 Å². The molecule has 0 bridgehead atoms. The molecule has 0 saturated heterocycles. The molecule has 0 atom stereocenters. The third-order valence-corrected chi connectivity index (χ3v) is 6.17. The molecule has 4 rings (SSSR count). The highest BCUT2D eigenvalue weighted by Gasteiger charge is 2.45. The van der Waals surface area contributed by atoms with Crippen molar-refractivity contribution in [3.63, 3.8) is 0 Å². The zero-order chi connectivity index (χ0) is 24.7. The Bertz CT molecular complexity index is 1100. The largest absolute Gasteiger partial charge is 0.477 e. The smallest absolute Gasteiger partial charge is 0.237 e. The first-order chi connectivity index (χ1) is 17.0. The molecule has 0 spiro atoms. The van der Waals surface area contributed by atoms with Crippen molar-refractivity contribution in [3.05, 3.63) is 55.3 Å². The van der Waals surface area contributed by atoms with Gasteiger partial charge in [-0.05, 0) is 57.7 Å². The number of hydrogen-bond acceptors (Lipinski definition) is 8. The van der Waals surface area contributed by atoms with E-state index in [1.807, 2.05) is 32.1 Å². The van der Waals surface area contributed by atoms with E-state index in [-0.39, 0.29) is 5.91 Å². The van der Waals surface area contributed by atoms with E-state index in [9.17, 15) is 4.79 Å². The van der Waals surface area contributed by atoms with Gasteiger partial charge >= 0.3 is 0 Å². The fraction of sp³-hybridized carbons (Fsp3) is 0.423. The number of aliphatic imine (C=N–C) groups is 1. The minimum atomic E-state index is -0.728. The lowest BCUT2D eigenvalue weighted by molar-refractivity contribution is -0.122. The fourth-order valence-electron chi connectivity index (χ4n) is 4.19. The van der Waals surface area contributed by atoms with Crippen LogP contribution in [0.5, 0.6) is 5.88 Å². The number of pyridine rings is 1. The van der Waals surface area contributed by atoms with Crippen molar-refractivity contribution >= 4 is 17.4 Å². The summed E-state index contributed by atoms with van der Waals surface area (Å²) >= 11 is 0. The quantitative estimate of drug-likeness (QED) is 0.330. The summed E-state index contributed by atoms with van der Waals surface area (Å²) in [7, 11) is 0. The number of nitrogens with zero attached hydrogens (tertiary/aromatic N) is 4. The molecular formula is C26H33N7O2. The van der Waals surface area contributed by atoms with Crippen LogP contribution in [0, 0.1) is 5.41 Å². The molecule has 9 nitrogen and oxygen atoms in total. The third kappa shape index (κ3) is 6.10. The summed E-state index contributed by atoms with van der Waals surface area (Å²) in [6.07, 6.45) is 14.4. The molecule has 2 aromatic heterocycles. The molecule has 184 valence electrons. The van der Waals surface area contributed by atoms with Gasteiger partial charge in [-0.3, -0.25) is 9.78 Å². The molecule has 1 amide bonds. The molecule has 0 unspecified atom stereocenters. The summed E-state index contributed by atoms with van der Waals surface area (Å²) < 4.78 is 5.43. The van der Waals surface area contributed by atoms with Crippen molar-refractivity contribution in [3.8, 4) is 17.1 Å². The monoisotopic (exact) mass is 475 g/mol. The summed E-state index contributed by atoms with van der Waals surface area (Å²) in [4.78, 5) is 31.4. The van der Waals surface area contributed by atoms with Gasteiger partial charge < -0.3 is 15.5 Å². The number of carbonyl (C=O) groups is 1. The average molecular weight is 476 g/mol. The standard InChI is InChI=1S/C26H33N7O2/c1-4-8-22(29-18(3)32-33-20-10-11-20)26(13-6-7-14-26)25(34)31-23-12-9-19(15-28-23)21-16-27-17-24(30-21)35-5-2/h4,8-9,12,15-17,20,32-33H,3,5-7,10-11,13-14H2,1-2H3,(H,28,31,34)/b8-4-,29-22+. The van der Waals surface area contributed by atoms with Crippen LogP contribution in [0.1, 0.15) is 52.4 Å². The van der Waals surface area contributed by atoms with Gasteiger partial charge in [0.2, 0.25) is 11.8 Å². The van der Waals surface area contributed by atoms with Crippen molar-refractivity contribution < 1.29 is 9.53 Å². The summed E-state index contributed by atoms with van der Waals surface area (Å²) in [6.45, 7) is 8.36. The number of amides is 1. The van der Waals surface area contributed by atoms with Crippen LogP contribution < -0.4 is 20.9 Å². The van der Waals surface area contributed by atoms with Crippen LogP contribution in [-0.4, -0.2) is 39.2 Å². The van der Waals surface area contributed by atoms with Crippen LogP contribution in [-0.2, 0) is 4.79 Å². The second-order valence-corrected chi connectivity index (χ2v) is 8.84. The molecule has 2 heterocycles. The Balaban J connectivity index is 1.50. The van der Waals surface area contributed by atoms with E-state index >= 15 is 0 Å². The van der Waals surface area contributed by atoms with E-state index in [2.05, 4.69) is 37.7 Å². The van der Waals surface area contributed by atoms with Crippen LogP contribution in [0.25, 0.3) is 11.3 Å². The molecule has 9 heteroatoms. The molecule has 0 aromatic carbocycles. The van der Waals surface area contributed by atoms with Gasteiger partial charge in [-0.15, -0.1) is 0 Å². The molecule has 3 N–H and O–H groups in total. The molecule has 2 saturated carbocycles. The minimum Gasteiger partial charge on any atom is -0.477 e. The van der Waals surface area contributed by atoms with Crippen molar-refractivity contribution in [1.29, 1.82) is 0 Å². The number of nitrogens with one attached hydrogen (secondary N) is 3. The summed E-state index contributed by atoms with van der Waals surface area (Å²) in [6, 6.07) is 4.11. The maximum atomic E-state index is 13.6. The number of ether oxygens (including phenoxy) is 1. The Morgan fingerprint density at radius 1 is 1.26 bits per heavy atom. The topological polar surface area (TPSA) is 113 Å². The first-order valence-electron chi connectivity index (χ1n) is 12.2. The van der Waals surface area contributed by atoms with Crippen molar-refractivity contribution in [2.45, 2.75) is 58.4 Å². The molecule has 0 radical (unpaired) electrons. The van der Waals surface area contributed by atoms with E-state index in [0.29, 0.717) is 41.6 Å².